The van der Waals surface area contributed by atoms with E-state index in [9.17, 15) is 54.0 Å². The number of para-hydroxylation sites is 1. The first-order valence-electron chi connectivity index (χ1n) is 39.7. The molecule has 35 heteroatoms. The number of amides is 12. The first-order chi connectivity index (χ1) is 56.6. The van der Waals surface area contributed by atoms with Gasteiger partial charge in [-0.25, -0.2) is 4.79 Å². The number of aromatic hydroxyl groups is 1. The van der Waals surface area contributed by atoms with Gasteiger partial charge in [0.2, 0.25) is 70.9 Å². The number of hydrogen-bond donors (Lipinski definition) is 20. The monoisotopic (exact) mass is 1670 g/mol. The van der Waals surface area contributed by atoms with Crippen LogP contribution in [0.25, 0.3) is 10.9 Å². The number of nitrogens with two attached hydrogens (primary N) is 2. The lowest BCUT2D eigenvalue weighted by Gasteiger charge is -2.29. The topological polar surface area (TPSA) is 527 Å². The number of unbranched alkanes of at least 4 members (excludes halogenated alkanes) is 1. The molecule has 1 aromatic heterocycles. The lowest BCUT2D eigenvalue weighted by Crippen LogP contribution is -2.63. The van der Waals surface area contributed by atoms with Crippen LogP contribution in [0.2, 0.25) is 0 Å². The van der Waals surface area contributed by atoms with Crippen LogP contribution >= 0.6 is 21.6 Å². The van der Waals surface area contributed by atoms with E-state index in [2.05, 4.69) is 74.1 Å². The first-order valence-corrected chi connectivity index (χ1v) is 42.2. The van der Waals surface area contributed by atoms with Crippen molar-refractivity contribution in [1.82, 2.24) is 74.1 Å². The minimum atomic E-state index is -1.87. The van der Waals surface area contributed by atoms with E-state index >= 15 is 28.8 Å². The molecule has 5 aromatic carbocycles. The molecular formula is C83H110N16O17S2. The van der Waals surface area contributed by atoms with Crippen molar-refractivity contribution in [3.05, 3.63) is 173 Å². The number of carboxylic acids is 1. The highest BCUT2D eigenvalue weighted by Gasteiger charge is 2.39. The van der Waals surface area contributed by atoms with Crippen LogP contribution in [0.15, 0.2) is 140 Å². The number of aliphatic hydroxyl groups excluding tert-OH is 2. The molecule has 0 unspecified atom stereocenters. The van der Waals surface area contributed by atoms with E-state index in [4.69, 9.17) is 11.5 Å². The van der Waals surface area contributed by atoms with E-state index < -0.39 is 181 Å². The number of H-pyrrole nitrogens is 1. The number of nitrogens with one attached hydrogen (secondary N) is 14. The Morgan fingerprint density at radius 1 is 0.517 bits per heavy atom. The third-order valence-corrected chi connectivity index (χ3v) is 22.5. The number of hydrogen-bond acceptors (Lipinski definition) is 21. The Hall–Kier alpha value is -11.0. The van der Waals surface area contributed by atoms with Crippen LogP contribution in [0.4, 0.5) is 0 Å². The summed E-state index contributed by atoms with van der Waals surface area (Å²) in [5.74, 6) is -13.9. The van der Waals surface area contributed by atoms with Crippen molar-refractivity contribution in [3.8, 4) is 5.75 Å². The van der Waals surface area contributed by atoms with E-state index in [0.29, 0.717) is 70.9 Å². The van der Waals surface area contributed by atoms with Gasteiger partial charge >= 0.3 is 5.97 Å². The maximum absolute atomic E-state index is 15.7. The van der Waals surface area contributed by atoms with Crippen molar-refractivity contribution >= 4 is 109 Å². The number of carbonyl (C=O) groups is 13. The molecule has 0 saturated carbocycles. The number of rotatable bonds is 22. The number of carboxylic acid groups (broad SMARTS) is 1. The van der Waals surface area contributed by atoms with Crippen LogP contribution in [0.1, 0.15) is 118 Å². The van der Waals surface area contributed by atoms with E-state index in [1.807, 2.05) is 26.0 Å². The van der Waals surface area contributed by atoms with Crippen LogP contribution in [0.3, 0.4) is 0 Å². The Labute approximate surface area is 692 Å². The highest BCUT2D eigenvalue weighted by Crippen LogP contribution is 2.25. The van der Waals surface area contributed by atoms with Crippen LogP contribution in [-0.2, 0) is 101 Å². The number of carbonyl (C=O) groups excluding carboxylic acids is 12. The van der Waals surface area contributed by atoms with Crippen molar-refractivity contribution in [2.75, 3.05) is 31.2 Å². The fourth-order valence-electron chi connectivity index (χ4n) is 13.3. The molecule has 13 atom stereocenters. The zero-order valence-corrected chi connectivity index (χ0v) is 67.9. The SMILES string of the molecule is CC(C)NCc1ccc(C[C@@H]2NC(=O)[C@@H](Cc3c[nH]c4ccccc34)NC(=O)[C@@H]3CCC(=O)NCCCCCC[C@@H](NC(=O)[C@H](Cc4ccccc4)NC(=O)[C@@H]([C@@H](C)O)NC2=O)C(=O)N[C@@H](CO)C(=O)N[C@H](C(=O)O)CSSC[C@H](NC(=O)[C@@H](N)Cc2ccc(O)cc2)C(=O)N[C@@H](CCCCN)C(=O)N[C@@H](Cc2ccccc2)C(=O)N3)cc1. The lowest BCUT2D eigenvalue weighted by atomic mass is 9.99. The molecule has 22 N–H and O–H groups in total. The van der Waals surface area contributed by atoms with Crippen molar-refractivity contribution in [1.29, 1.82) is 0 Å². The van der Waals surface area contributed by atoms with Gasteiger partial charge in [0, 0.05) is 79.8 Å². The van der Waals surface area contributed by atoms with Crippen molar-refractivity contribution in [2.45, 2.75) is 208 Å². The number of aliphatic carboxylic acids is 1. The number of benzene rings is 5. The minimum Gasteiger partial charge on any atom is -0.508 e. The molecular weight excluding hydrogens is 1560 g/mol. The van der Waals surface area contributed by atoms with Gasteiger partial charge < -0.3 is 106 Å². The molecule has 12 amide bonds. The molecule has 636 valence electrons. The van der Waals surface area contributed by atoms with Gasteiger partial charge in [0.25, 0.3) is 0 Å². The molecule has 2 saturated heterocycles. The number of aromatic amines is 1. The largest absolute Gasteiger partial charge is 0.508 e. The average molecular weight is 1670 g/mol. The van der Waals surface area contributed by atoms with Gasteiger partial charge in [-0.3, -0.25) is 57.5 Å². The molecule has 2 fully saturated rings. The summed E-state index contributed by atoms with van der Waals surface area (Å²) in [7, 11) is 1.70. The normalized spacial score (nSPS) is 23.5. The zero-order chi connectivity index (χ0) is 85.2. The molecule has 2 aliphatic heterocycles. The van der Waals surface area contributed by atoms with E-state index in [-0.39, 0.29) is 88.4 Å². The second-order valence-electron chi connectivity index (χ2n) is 29.8. The lowest BCUT2D eigenvalue weighted by molar-refractivity contribution is -0.142. The predicted molar refractivity (Wildman–Crippen MR) is 445 cm³/mol. The Kier molecular flexibility index (Phi) is 37.2. The van der Waals surface area contributed by atoms with Crippen LogP contribution in [-0.4, -0.2) is 218 Å². The summed E-state index contributed by atoms with van der Waals surface area (Å²) < 4.78 is 0. The van der Waals surface area contributed by atoms with Crippen molar-refractivity contribution in [2.24, 2.45) is 11.5 Å². The van der Waals surface area contributed by atoms with Crippen LogP contribution in [0, 0.1) is 0 Å². The minimum absolute atomic E-state index is 0.0512. The predicted octanol–water partition coefficient (Wildman–Crippen LogP) is 0.387. The average Bonchev–Trinajstić information content (AvgIpc) is 1.61. The Balaban J connectivity index is 1.25. The smallest absolute Gasteiger partial charge is 0.327 e. The van der Waals surface area contributed by atoms with Gasteiger partial charge in [-0.1, -0.05) is 170 Å². The maximum atomic E-state index is 15.7. The molecule has 118 heavy (non-hydrogen) atoms. The van der Waals surface area contributed by atoms with E-state index in [1.165, 1.54) is 19.1 Å². The standard InChI is InChI=1S/C83H110N16O17S2/c1-48(2)87-43-54-28-26-53(27-29-54)41-65-79(111)99-71(49(3)101)82(114)95-64(40-51-20-10-7-11-21-51)77(109)89-60-24-12-4-5-17-37-86-70(103)35-34-62(75(107)94-66(78(110)93-65)42-55-44-88-59-23-14-13-22-57(55)59)91-76(108)63(39-50-18-8-6-9-19-50)92-73(105)61(25-15-16-36-84)90-81(113)68(97-72(104)58(85)38-52-30-32-56(102)33-31-52)46-117-118-47-69(83(115)116)98-80(112)67(45-100)96-74(60)106/h6-11,13-14,18-23,26-33,44,48-49,58,60-69,71,87-88,100-102H,4-5,12,15-17,24-25,34-43,45-47,84-85H2,1-3H3,(H,86,103)(H,89,109)(H,90,113)(H,91,108)(H,92,105)(H,93,110)(H,94,107)(H,95,114)(H,96,106)(H,97,104)(H,98,112)(H,99,111)(H,115,116)/t49-,58+,60-,61+,62+,63+,64+,65+,66-,67+,68+,69+,71-/m1/s1. The summed E-state index contributed by atoms with van der Waals surface area (Å²) in [4.78, 5) is 195. The quantitative estimate of drug-likeness (QED) is 0.0323. The molecule has 3 heterocycles. The Bertz CT molecular complexity index is 4360. The molecule has 2 bridgehead atoms. The van der Waals surface area contributed by atoms with Gasteiger partial charge in [-0.15, -0.1) is 0 Å². The molecule has 6 aromatic rings. The zero-order valence-electron chi connectivity index (χ0n) is 66.3. The summed E-state index contributed by atoms with van der Waals surface area (Å²) in [6.45, 7) is 4.79. The van der Waals surface area contributed by atoms with Crippen LogP contribution < -0.4 is 80.6 Å². The molecule has 8 rings (SSSR count). The second-order valence-corrected chi connectivity index (χ2v) is 32.3. The fraction of sp³-hybridized carbons (Fsp3) is 0.458. The van der Waals surface area contributed by atoms with Gasteiger partial charge in [0.05, 0.1) is 18.8 Å². The molecule has 2 aliphatic rings. The fourth-order valence-corrected chi connectivity index (χ4v) is 15.6. The van der Waals surface area contributed by atoms with Gasteiger partial charge in [0.1, 0.15) is 72.2 Å². The van der Waals surface area contributed by atoms with Crippen LogP contribution in [0.5, 0.6) is 5.75 Å². The summed E-state index contributed by atoms with van der Waals surface area (Å²) >= 11 is 0. The molecule has 0 spiro atoms. The molecule has 0 radical (unpaired) electrons. The highest BCUT2D eigenvalue weighted by atomic mass is 33.1. The second kappa shape index (κ2) is 47.4. The summed E-state index contributed by atoms with van der Waals surface area (Å²) in [6.07, 6.45) is -0.388. The number of phenolic OH excluding ortho intramolecular Hbond substituents is 1. The van der Waals surface area contributed by atoms with E-state index in [0.717, 1.165) is 27.2 Å². The van der Waals surface area contributed by atoms with E-state index in [1.54, 1.807) is 115 Å². The van der Waals surface area contributed by atoms with Crippen molar-refractivity contribution in [3.63, 3.8) is 0 Å². The number of aliphatic hydroxyl groups is 2. The first kappa shape index (κ1) is 92.6. The van der Waals surface area contributed by atoms with Gasteiger partial charge in [-0.05, 0) is 110 Å². The summed E-state index contributed by atoms with van der Waals surface area (Å²) in [5.41, 5.74) is 16.5. The molecule has 33 nitrogen and oxygen atoms in total. The number of aromatic nitrogens is 1. The molecule has 0 aliphatic carbocycles. The highest BCUT2D eigenvalue weighted by molar-refractivity contribution is 8.76. The van der Waals surface area contributed by atoms with Crippen molar-refractivity contribution < 1.29 is 82.8 Å². The summed E-state index contributed by atoms with van der Waals surface area (Å²) in [6, 6.07) is 17.6. The third-order valence-electron chi connectivity index (χ3n) is 20.0. The Morgan fingerprint density at radius 3 is 1.62 bits per heavy atom. The number of fused-ring (bicyclic) bond motifs is 12. The Morgan fingerprint density at radius 2 is 1.02 bits per heavy atom. The maximum Gasteiger partial charge on any atom is 0.327 e. The number of phenols is 1. The van der Waals surface area contributed by atoms with Gasteiger partial charge in [0.15, 0.2) is 0 Å². The summed E-state index contributed by atoms with van der Waals surface area (Å²) in [5, 5.41) is 78.9. The van der Waals surface area contributed by atoms with Gasteiger partial charge in [-0.2, -0.15) is 0 Å². The third kappa shape index (κ3) is 29.9.